The monoisotopic (exact) mass is 283 g/mol. The van der Waals surface area contributed by atoms with Gasteiger partial charge in [0.15, 0.2) is 0 Å². The molecule has 1 aromatic rings. The summed E-state index contributed by atoms with van der Waals surface area (Å²) in [4.78, 5) is 0.758. The minimum absolute atomic E-state index is 0.0960. The smallest absolute Gasteiger partial charge is 0.137 e. The van der Waals surface area contributed by atoms with Gasteiger partial charge in [0.05, 0.1) is 0 Å². The maximum absolute atomic E-state index is 14.0. The Hall–Kier alpha value is -0.540. The zero-order chi connectivity index (χ0) is 14.4. The molecule has 3 heteroatoms. The summed E-state index contributed by atoms with van der Waals surface area (Å²) in [6.45, 7) is 12.5. The van der Waals surface area contributed by atoms with Crippen LogP contribution in [0.2, 0.25) is 0 Å². The minimum atomic E-state index is -0.0960. The molecule has 0 aliphatic heterocycles. The van der Waals surface area contributed by atoms with Gasteiger partial charge < -0.3 is 5.32 Å². The molecule has 0 aromatic heterocycles. The molecule has 0 saturated heterocycles. The molecule has 1 nitrogen and oxygen atoms in total. The topological polar surface area (TPSA) is 12.0 Å². The Morgan fingerprint density at radius 1 is 1.16 bits per heavy atom. The average Bonchev–Trinajstić information content (AvgIpc) is 2.31. The Bertz CT molecular complexity index is 390. The molecule has 1 rings (SSSR count). The summed E-state index contributed by atoms with van der Waals surface area (Å²) < 4.78 is 14.0. The van der Waals surface area contributed by atoms with Crippen LogP contribution in [0, 0.1) is 17.7 Å². The number of rotatable bonds is 7. The second-order valence-corrected chi connectivity index (χ2v) is 7.28. The summed E-state index contributed by atoms with van der Waals surface area (Å²) in [5.74, 6) is 1.07. The molecule has 19 heavy (non-hydrogen) atoms. The Morgan fingerprint density at radius 2 is 1.84 bits per heavy atom. The summed E-state index contributed by atoms with van der Waals surface area (Å²) in [6.07, 6.45) is 0. The van der Waals surface area contributed by atoms with Gasteiger partial charge >= 0.3 is 0 Å². The van der Waals surface area contributed by atoms with E-state index in [1.807, 2.05) is 12.1 Å². The Labute approximate surface area is 121 Å². The van der Waals surface area contributed by atoms with Crippen molar-refractivity contribution in [3.63, 3.8) is 0 Å². The fourth-order valence-electron chi connectivity index (χ4n) is 1.59. The Morgan fingerprint density at radius 3 is 2.37 bits per heavy atom. The predicted molar refractivity (Wildman–Crippen MR) is 83.1 cm³/mol. The van der Waals surface area contributed by atoms with E-state index in [4.69, 9.17) is 0 Å². The van der Waals surface area contributed by atoms with Gasteiger partial charge in [-0.1, -0.05) is 40.7 Å². The van der Waals surface area contributed by atoms with Crippen LogP contribution in [0.4, 0.5) is 4.39 Å². The molecular formula is C16H26FNS. The molecule has 1 unspecified atom stereocenters. The lowest BCUT2D eigenvalue weighted by molar-refractivity contribution is 0.548. The third-order valence-corrected chi connectivity index (χ3v) is 4.63. The number of benzene rings is 1. The second-order valence-electron chi connectivity index (χ2n) is 5.86. The van der Waals surface area contributed by atoms with Crippen LogP contribution in [-0.4, -0.2) is 11.8 Å². The van der Waals surface area contributed by atoms with E-state index < -0.39 is 0 Å². The van der Waals surface area contributed by atoms with Gasteiger partial charge in [-0.3, -0.25) is 0 Å². The third kappa shape index (κ3) is 5.96. The normalized spacial score (nSPS) is 13.3. The zero-order valence-electron chi connectivity index (χ0n) is 12.7. The largest absolute Gasteiger partial charge is 0.312 e. The number of halogens is 1. The predicted octanol–water partition coefficient (Wildman–Crippen LogP) is 4.71. The molecule has 0 aliphatic carbocycles. The van der Waals surface area contributed by atoms with Gasteiger partial charge in [0.1, 0.15) is 5.82 Å². The first kappa shape index (κ1) is 16.5. The van der Waals surface area contributed by atoms with Crippen molar-refractivity contribution in [1.82, 2.24) is 5.32 Å². The van der Waals surface area contributed by atoms with E-state index in [-0.39, 0.29) is 5.82 Å². The third-order valence-electron chi connectivity index (χ3n) is 3.13. The van der Waals surface area contributed by atoms with E-state index in [2.05, 4.69) is 39.9 Å². The first-order chi connectivity index (χ1) is 8.90. The van der Waals surface area contributed by atoms with Crippen molar-refractivity contribution >= 4 is 11.8 Å². The summed E-state index contributed by atoms with van der Waals surface area (Å²) in [5.41, 5.74) is 1.01. The van der Waals surface area contributed by atoms with Gasteiger partial charge in [-0.2, -0.15) is 0 Å². The molecule has 0 fully saturated rings. The van der Waals surface area contributed by atoms with Crippen molar-refractivity contribution in [3.8, 4) is 0 Å². The molecule has 0 heterocycles. The van der Waals surface area contributed by atoms with E-state index in [1.165, 1.54) is 0 Å². The van der Waals surface area contributed by atoms with Gasteiger partial charge in [-0.25, -0.2) is 4.39 Å². The van der Waals surface area contributed by atoms with E-state index in [1.54, 1.807) is 17.8 Å². The molecule has 0 spiro atoms. The van der Waals surface area contributed by atoms with Crippen LogP contribution in [-0.2, 0) is 6.54 Å². The first-order valence-corrected chi connectivity index (χ1v) is 7.94. The van der Waals surface area contributed by atoms with Crippen LogP contribution in [0.5, 0.6) is 0 Å². The zero-order valence-corrected chi connectivity index (χ0v) is 13.5. The van der Waals surface area contributed by atoms with E-state index in [0.29, 0.717) is 17.1 Å². The van der Waals surface area contributed by atoms with E-state index >= 15 is 0 Å². The molecule has 108 valence electrons. The van der Waals surface area contributed by atoms with Crippen LogP contribution in [0.1, 0.15) is 40.2 Å². The fourth-order valence-corrected chi connectivity index (χ4v) is 2.58. The van der Waals surface area contributed by atoms with E-state index in [9.17, 15) is 4.39 Å². The quantitative estimate of drug-likeness (QED) is 0.727. The van der Waals surface area contributed by atoms with Crippen molar-refractivity contribution in [3.05, 3.63) is 29.6 Å². The average molecular weight is 283 g/mol. The molecule has 1 aromatic carbocycles. The van der Waals surface area contributed by atoms with Crippen LogP contribution in [0.3, 0.4) is 0 Å². The van der Waals surface area contributed by atoms with Crippen LogP contribution >= 0.6 is 11.8 Å². The Kier molecular flexibility index (Phi) is 6.87. The lowest BCUT2D eigenvalue weighted by Crippen LogP contribution is -2.19. The van der Waals surface area contributed by atoms with Crippen molar-refractivity contribution in [2.24, 2.45) is 11.8 Å². The lowest BCUT2D eigenvalue weighted by Gasteiger charge is -2.16. The number of hydrogen-bond donors (Lipinski definition) is 1. The second kappa shape index (κ2) is 7.91. The fraction of sp³-hybridized carbons (Fsp3) is 0.625. The van der Waals surface area contributed by atoms with Gasteiger partial charge in [0, 0.05) is 16.7 Å². The van der Waals surface area contributed by atoms with Crippen LogP contribution in [0.25, 0.3) is 0 Å². The summed E-state index contributed by atoms with van der Waals surface area (Å²) >= 11 is 1.62. The highest BCUT2D eigenvalue weighted by Gasteiger charge is 2.12. The molecule has 0 aliphatic rings. The summed E-state index contributed by atoms with van der Waals surface area (Å²) in [7, 11) is 0. The van der Waals surface area contributed by atoms with Gasteiger partial charge in [0.25, 0.3) is 0 Å². The standard InChI is InChI=1S/C16H26FNS/c1-11(2)9-18-10-14-6-7-16(15(17)8-14)19-13(5)12(3)4/h6-8,11-13,18H,9-10H2,1-5H3. The van der Waals surface area contributed by atoms with Gasteiger partial charge in [-0.15, -0.1) is 11.8 Å². The highest BCUT2D eigenvalue weighted by atomic mass is 32.2. The van der Waals surface area contributed by atoms with Crippen molar-refractivity contribution < 1.29 is 4.39 Å². The summed E-state index contributed by atoms with van der Waals surface area (Å²) in [5, 5.41) is 3.76. The van der Waals surface area contributed by atoms with E-state index in [0.717, 1.165) is 23.5 Å². The van der Waals surface area contributed by atoms with Gasteiger partial charge in [-0.05, 0) is 36.1 Å². The molecule has 0 amide bonds. The highest BCUT2D eigenvalue weighted by Crippen LogP contribution is 2.30. The van der Waals surface area contributed by atoms with Crippen LogP contribution in [0.15, 0.2) is 23.1 Å². The summed E-state index contributed by atoms with van der Waals surface area (Å²) in [6, 6.07) is 5.58. The highest BCUT2D eigenvalue weighted by molar-refractivity contribution is 8.00. The Balaban J connectivity index is 2.59. The lowest BCUT2D eigenvalue weighted by atomic mass is 10.2. The molecule has 1 N–H and O–H groups in total. The first-order valence-electron chi connectivity index (χ1n) is 7.06. The molecule has 0 saturated carbocycles. The minimum Gasteiger partial charge on any atom is -0.312 e. The van der Waals surface area contributed by atoms with Crippen molar-refractivity contribution in [2.75, 3.05) is 6.54 Å². The SMILES string of the molecule is CC(C)CNCc1ccc(SC(C)C(C)C)c(F)c1. The molecule has 0 radical (unpaired) electrons. The van der Waals surface area contributed by atoms with Crippen molar-refractivity contribution in [1.29, 1.82) is 0 Å². The molecule has 1 atom stereocenters. The van der Waals surface area contributed by atoms with Gasteiger partial charge in [0.2, 0.25) is 0 Å². The molecule has 0 bridgehead atoms. The number of thioether (sulfide) groups is 1. The van der Waals surface area contributed by atoms with Crippen molar-refractivity contribution in [2.45, 2.75) is 51.3 Å². The number of hydrogen-bond acceptors (Lipinski definition) is 2. The maximum atomic E-state index is 14.0. The maximum Gasteiger partial charge on any atom is 0.137 e. The van der Waals surface area contributed by atoms with Crippen LogP contribution < -0.4 is 5.32 Å². The molecular weight excluding hydrogens is 257 g/mol. The number of nitrogens with one attached hydrogen (secondary N) is 1.